The number of hydrogen-bond acceptors (Lipinski definition) is 3. The minimum atomic E-state index is -0.146. The van der Waals surface area contributed by atoms with Crippen LogP contribution in [0.15, 0.2) is 39.7 Å². The van der Waals surface area contributed by atoms with Crippen molar-refractivity contribution in [3.05, 3.63) is 55.9 Å². The molecule has 0 saturated carbocycles. The Labute approximate surface area is 131 Å². The second-order valence-corrected chi connectivity index (χ2v) is 5.65. The lowest BCUT2D eigenvalue weighted by molar-refractivity contribution is 0.694. The number of anilines is 1. The van der Waals surface area contributed by atoms with Crippen LogP contribution >= 0.6 is 27.5 Å². The van der Waals surface area contributed by atoms with Crippen LogP contribution in [0.1, 0.15) is 12.5 Å². The van der Waals surface area contributed by atoms with E-state index >= 15 is 0 Å². The van der Waals surface area contributed by atoms with E-state index in [0.717, 1.165) is 17.8 Å². The van der Waals surface area contributed by atoms with Crippen molar-refractivity contribution in [3.63, 3.8) is 0 Å². The van der Waals surface area contributed by atoms with Crippen molar-refractivity contribution in [3.8, 4) is 0 Å². The molecule has 2 rings (SSSR count). The minimum absolute atomic E-state index is 0.146. The van der Waals surface area contributed by atoms with Crippen LogP contribution < -0.4 is 10.5 Å². The van der Waals surface area contributed by atoms with Gasteiger partial charge in [0, 0.05) is 25.2 Å². The molecule has 0 spiro atoms. The van der Waals surface area contributed by atoms with Gasteiger partial charge in [-0.25, -0.2) is 4.68 Å². The fraction of sp³-hybridized carbons (Fsp3) is 0.286. The Kier molecular flexibility index (Phi) is 4.83. The maximum absolute atomic E-state index is 11.9. The van der Waals surface area contributed by atoms with Crippen LogP contribution in [0, 0.1) is 0 Å². The lowest BCUT2D eigenvalue weighted by atomic mass is 10.2. The summed E-state index contributed by atoms with van der Waals surface area (Å²) in [5, 5.41) is 4.78. The highest BCUT2D eigenvalue weighted by Gasteiger charge is 2.13. The fourth-order valence-corrected chi connectivity index (χ4v) is 2.77. The molecule has 0 radical (unpaired) electrons. The van der Waals surface area contributed by atoms with Gasteiger partial charge in [0.15, 0.2) is 0 Å². The molecule has 0 unspecified atom stereocenters. The van der Waals surface area contributed by atoms with E-state index in [9.17, 15) is 4.79 Å². The number of nitrogens with zero attached hydrogens (tertiary/aromatic N) is 3. The van der Waals surface area contributed by atoms with Gasteiger partial charge >= 0.3 is 0 Å². The normalized spacial score (nSPS) is 10.6. The molecule has 1 heterocycles. The molecule has 0 atom stereocenters. The average Bonchev–Trinajstić information content (AvgIpc) is 2.43. The second kappa shape index (κ2) is 6.41. The fourth-order valence-electron chi connectivity index (χ4n) is 1.95. The Hall–Kier alpha value is -1.33. The molecular weight excluding hydrogens is 342 g/mol. The van der Waals surface area contributed by atoms with E-state index in [2.05, 4.69) is 25.9 Å². The third-order valence-corrected chi connectivity index (χ3v) is 4.03. The second-order valence-electron chi connectivity index (χ2n) is 4.42. The zero-order valence-corrected chi connectivity index (χ0v) is 13.6. The summed E-state index contributed by atoms with van der Waals surface area (Å²) in [4.78, 5) is 14.0. The minimum Gasteiger partial charge on any atom is -0.365 e. The summed E-state index contributed by atoms with van der Waals surface area (Å²) in [6, 6.07) is 7.70. The molecular formula is C14H15BrClN3O. The highest BCUT2D eigenvalue weighted by Crippen LogP contribution is 2.23. The van der Waals surface area contributed by atoms with Crippen LogP contribution in [0.3, 0.4) is 0 Å². The van der Waals surface area contributed by atoms with Gasteiger partial charge in [-0.2, -0.15) is 5.10 Å². The topological polar surface area (TPSA) is 38.1 Å². The molecule has 0 aliphatic rings. The summed E-state index contributed by atoms with van der Waals surface area (Å²) in [5.74, 6) is 0. The van der Waals surface area contributed by atoms with Gasteiger partial charge in [-0.05, 0) is 40.5 Å². The first kappa shape index (κ1) is 15.1. The Morgan fingerprint density at radius 1 is 1.45 bits per heavy atom. The summed E-state index contributed by atoms with van der Waals surface area (Å²) in [5.41, 5.74) is 1.73. The molecule has 1 aromatic heterocycles. The number of aryl methyl sites for hydroxylation is 1. The van der Waals surface area contributed by atoms with E-state index in [-0.39, 0.29) is 5.56 Å². The monoisotopic (exact) mass is 355 g/mol. The first-order valence-electron chi connectivity index (χ1n) is 6.24. The van der Waals surface area contributed by atoms with Gasteiger partial charge in [-0.1, -0.05) is 23.7 Å². The van der Waals surface area contributed by atoms with Crippen LogP contribution in [0.4, 0.5) is 5.69 Å². The van der Waals surface area contributed by atoms with Gasteiger partial charge < -0.3 is 4.90 Å². The molecule has 0 amide bonds. The highest BCUT2D eigenvalue weighted by molar-refractivity contribution is 9.10. The molecule has 1 aromatic carbocycles. The van der Waals surface area contributed by atoms with E-state index in [4.69, 9.17) is 11.6 Å². The number of hydrogen-bond donors (Lipinski definition) is 0. The van der Waals surface area contributed by atoms with Crippen molar-refractivity contribution in [2.45, 2.75) is 13.5 Å². The van der Waals surface area contributed by atoms with Gasteiger partial charge in [0.25, 0.3) is 5.56 Å². The van der Waals surface area contributed by atoms with E-state index < -0.39 is 0 Å². The van der Waals surface area contributed by atoms with Crippen molar-refractivity contribution >= 4 is 33.2 Å². The first-order chi connectivity index (χ1) is 9.52. The smallest absolute Gasteiger partial charge is 0.282 e. The number of aromatic nitrogens is 2. The Bertz CT molecular complexity index is 672. The van der Waals surface area contributed by atoms with Gasteiger partial charge in [0.05, 0.1) is 11.9 Å². The molecule has 0 aliphatic heterocycles. The maximum atomic E-state index is 11.9. The van der Waals surface area contributed by atoms with E-state index in [1.54, 1.807) is 13.2 Å². The van der Waals surface area contributed by atoms with Gasteiger partial charge in [0.2, 0.25) is 0 Å². The molecule has 0 aliphatic carbocycles. The lowest BCUT2D eigenvalue weighted by Crippen LogP contribution is -2.28. The van der Waals surface area contributed by atoms with Crippen molar-refractivity contribution in [2.24, 2.45) is 7.05 Å². The molecule has 20 heavy (non-hydrogen) atoms. The van der Waals surface area contributed by atoms with E-state index in [1.807, 2.05) is 31.2 Å². The quantitative estimate of drug-likeness (QED) is 0.844. The molecule has 4 nitrogen and oxygen atoms in total. The molecule has 6 heteroatoms. The molecule has 2 aromatic rings. The number of rotatable bonds is 4. The van der Waals surface area contributed by atoms with Crippen LogP contribution in [0.25, 0.3) is 0 Å². The zero-order valence-electron chi connectivity index (χ0n) is 11.3. The lowest BCUT2D eigenvalue weighted by Gasteiger charge is -2.24. The number of halogens is 2. The summed E-state index contributed by atoms with van der Waals surface area (Å²) >= 11 is 9.36. The van der Waals surface area contributed by atoms with Gasteiger partial charge in [-0.15, -0.1) is 0 Å². The SMILES string of the molecule is CCN(Cc1cccc(Cl)c1)c1cnn(C)c(=O)c1Br. The third kappa shape index (κ3) is 3.22. The number of benzene rings is 1. The summed E-state index contributed by atoms with van der Waals surface area (Å²) in [6.45, 7) is 3.47. The highest BCUT2D eigenvalue weighted by atomic mass is 79.9. The van der Waals surface area contributed by atoms with E-state index in [0.29, 0.717) is 16.0 Å². The molecule has 106 valence electrons. The molecule has 0 bridgehead atoms. The van der Waals surface area contributed by atoms with Crippen LogP contribution in [-0.4, -0.2) is 16.3 Å². The standard InChI is InChI=1S/C14H15BrClN3O/c1-3-19(9-10-5-4-6-11(16)7-10)12-8-17-18(2)14(20)13(12)15/h4-8H,3,9H2,1-2H3. The van der Waals surface area contributed by atoms with Crippen LogP contribution in [0.2, 0.25) is 5.02 Å². The van der Waals surface area contributed by atoms with Crippen LogP contribution in [0.5, 0.6) is 0 Å². The Balaban J connectivity index is 2.34. The predicted octanol–water partition coefficient (Wildman–Crippen LogP) is 3.22. The Morgan fingerprint density at radius 3 is 2.85 bits per heavy atom. The Morgan fingerprint density at radius 2 is 2.20 bits per heavy atom. The zero-order chi connectivity index (χ0) is 14.7. The van der Waals surface area contributed by atoms with E-state index in [1.165, 1.54) is 4.68 Å². The average molecular weight is 357 g/mol. The molecule has 0 N–H and O–H groups in total. The molecule has 0 fully saturated rings. The molecule has 0 saturated heterocycles. The van der Waals surface area contributed by atoms with Gasteiger partial charge in [-0.3, -0.25) is 4.79 Å². The maximum Gasteiger partial charge on any atom is 0.282 e. The predicted molar refractivity (Wildman–Crippen MR) is 85.4 cm³/mol. The summed E-state index contributed by atoms with van der Waals surface area (Å²) in [6.07, 6.45) is 1.69. The largest absolute Gasteiger partial charge is 0.365 e. The third-order valence-electron chi connectivity index (χ3n) is 3.04. The van der Waals surface area contributed by atoms with Crippen molar-refractivity contribution in [1.82, 2.24) is 9.78 Å². The van der Waals surface area contributed by atoms with Crippen molar-refractivity contribution in [2.75, 3.05) is 11.4 Å². The van der Waals surface area contributed by atoms with Crippen molar-refractivity contribution < 1.29 is 0 Å². The summed E-state index contributed by atoms with van der Waals surface area (Å²) < 4.78 is 1.83. The first-order valence-corrected chi connectivity index (χ1v) is 7.41. The summed E-state index contributed by atoms with van der Waals surface area (Å²) in [7, 11) is 1.63. The van der Waals surface area contributed by atoms with Crippen molar-refractivity contribution in [1.29, 1.82) is 0 Å². The van der Waals surface area contributed by atoms with Crippen LogP contribution in [-0.2, 0) is 13.6 Å². The van der Waals surface area contributed by atoms with Gasteiger partial charge in [0.1, 0.15) is 4.47 Å².